The van der Waals surface area contributed by atoms with Gasteiger partial charge in [-0.15, -0.1) is 0 Å². The van der Waals surface area contributed by atoms with E-state index in [1.54, 1.807) is 0 Å². The molecular formula is C12H27O12P3U. The molecule has 28 heavy (non-hydrogen) atoms. The topological polar surface area (TPSA) is 217 Å². The molecule has 0 aliphatic rings. The molecule has 12 nitrogen and oxygen atoms in total. The SMILES string of the molecule is CCCCOP(=O)([O-])[O-].CCCCOP(=O)([O-])[O-].CCCCOP(=O)([O-])[O-].[U+6]. The van der Waals surface area contributed by atoms with Crippen molar-refractivity contribution in [3.05, 3.63) is 0 Å². The summed E-state index contributed by atoms with van der Waals surface area (Å²) in [6, 6.07) is 0. The second kappa shape index (κ2) is 21.6. The van der Waals surface area contributed by atoms with Gasteiger partial charge in [0.15, 0.2) is 0 Å². The quantitative estimate of drug-likeness (QED) is 0.176. The summed E-state index contributed by atoms with van der Waals surface area (Å²) in [5.41, 5.74) is 0. The maximum Gasteiger partial charge on any atom is 6.00 e. The number of phosphoric acid groups is 3. The average molecular weight is 694 g/mol. The summed E-state index contributed by atoms with van der Waals surface area (Å²) in [6.07, 6.45) is 4.28. The molecule has 0 N–H and O–H groups in total. The summed E-state index contributed by atoms with van der Waals surface area (Å²) in [5.74, 6) is 0. The Balaban J connectivity index is -0.000000152. The average Bonchev–Trinajstić information content (AvgIpc) is 2.46. The van der Waals surface area contributed by atoms with Crippen molar-refractivity contribution in [2.75, 3.05) is 19.8 Å². The molecule has 0 aromatic rings. The van der Waals surface area contributed by atoms with Crippen LogP contribution in [0.5, 0.6) is 0 Å². The second-order valence-corrected chi connectivity index (χ2v) is 8.36. The van der Waals surface area contributed by atoms with Crippen LogP contribution in [-0.2, 0) is 27.3 Å². The van der Waals surface area contributed by atoms with E-state index in [4.69, 9.17) is 0 Å². The third-order valence-electron chi connectivity index (χ3n) is 2.24. The molecule has 0 aliphatic heterocycles. The van der Waals surface area contributed by atoms with Gasteiger partial charge in [0.1, 0.15) is 0 Å². The standard InChI is InChI=1S/3C4H11O4P.U/c3*1-2-3-4-8-9(5,6)7;/h3*2-4H2,1H3,(H2,5,6,7);/q;;;+6/p-6. The van der Waals surface area contributed by atoms with Gasteiger partial charge in [-0.25, -0.2) is 0 Å². The summed E-state index contributed by atoms with van der Waals surface area (Å²) < 4.78 is 41.0. The predicted molar refractivity (Wildman–Crippen MR) is 85.4 cm³/mol. The molecular weight excluding hydrogens is 667 g/mol. The van der Waals surface area contributed by atoms with Crippen molar-refractivity contribution in [3.63, 3.8) is 0 Å². The molecule has 0 radical (unpaired) electrons. The van der Waals surface area contributed by atoms with Gasteiger partial charge in [0.2, 0.25) is 0 Å². The van der Waals surface area contributed by atoms with Crippen LogP contribution in [0.25, 0.3) is 0 Å². The molecule has 0 aliphatic carbocycles. The second-order valence-electron chi connectivity index (χ2n) is 4.90. The molecule has 0 rings (SSSR count). The van der Waals surface area contributed by atoms with Crippen molar-refractivity contribution in [1.82, 2.24) is 0 Å². The van der Waals surface area contributed by atoms with Crippen LogP contribution in [-0.4, -0.2) is 19.8 Å². The molecule has 0 fully saturated rings. The zero-order chi connectivity index (χ0) is 22.0. The molecule has 0 aromatic carbocycles. The van der Waals surface area contributed by atoms with E-state index in [1.165, 1.54) is 0 Å². The summed E-state index contributed by atoms with van der Waals surface area (Å²) in [4.78, 5) is 58.5. The fourth-order valence-electron chi connectivity index (χ4n) is 0.962. The largest absolute Gasteiger partial charge is 6.00 e. The Hall–Kier alpha value is 1.38. The fraction of sp³-hybridized carbons (Fsp3) is 1.00. The summed E-state index contributed by atoms with van der Waals surface area (Å²) in [5, 5.41) is 0. The fourth-order valence-corrected chi connectivity index (χ4v) is 2.02. The smallest absolute Gasteiger partial charge is 0.790 e. The summed E-state index contributed by atoms with van der Waals surface area (Å²) in [6.45, 7) is 5.68. The molecule has 0 aromatic heterocycles. The molecule has 16 heteroatoms. The van der Waals surface area contributed by atoms with Gasteiger partial charge in [0, 0.05) is 0 Å². The van der Waals surface area contributed by atoms with Crippen molar-refractivity contribution in [2.24, 2.45) is 0 Å². The van der Waals surface area contributed by atoms with E-state index in [1.807, 2.05) is 20.8 Å². The van der Waals surface area contributed by atoms with Crippen LogP contribution in [0.1, 0.15) is 59.3 Å². The first-order valence-electron chi connectivity index (χ1n) is 8.18. The zero-order valence-corrected chi connectivity index (χ0v) is 23.0. The van der Waals surface area contributed by atoms with Gasteiger partial charge in [0.05, 0.1) is 43.3 Å². The Bertz CT molecular complexity index is 394. The number of unbranched alkanes of at least 4 members (excludes halogenated alkanes) is 3. The van der Waals surface area contributed by atoms with Crippen LogP contribution >= 0.6 is 23.5 Å². The van der Waals surface area contributed by atoms with Crippen molar-refractivity contribution in [2.45, 2.75) is 59.3 Å². The van der Waals surface area contributed by atoms with E-state index in [0.717, 1.165) is 19.3 Å². The Morgan fingerprint density at radius 2 is 0.714 bits per heavy atom. The molecule has 0 saturated heterocycles. The van der Waals surface area contributed by atoms with Gasteiger partial charge < -0.3 is 56.6 Å². The molecule has 0 heterocycles. The normalized spacial score (nSPS) is 11.5. The first-order valence-corrected chi connectivity index (χ1v) is 12.6. The minimum atomic E-state index is -4.70. The van der Waals surface area contributed by atoms with E-state index in [2.05, 4.69) is 13.6 Å². The van der Waals surface area contributed by atoms with Crippen LogP contribution in [0.3, 0.4) is 0 Å². The van der Waals surface area contributed by atoms with Gasteiger partial charge in [-0.2, -0.15) is 0 Å². The van der Waals surface area contributed by atoms with E-state index in [-0.39, 0.29) is 50.9 Å². The van der Waals surface area contributed by atoms with Crippen LogP contribution in [0.4, 0.5) is 0 Å². The van der Waals surface area contributed by atoms with E-state index < -0.39 is 23.5 Å². The first-order chi connectivity index (χ1) is 12.2. The number of rotatable bonds is 12. The molecule has 0 spiro atoms. The Kier molecular flexibility index (Phi) is 28.4. The van der Waals surface area contributed by atoms with Crippen molar-refractivity contribution < 1.29 is 87.7 Å². The van der Waals surface area contributed by atoms with E-state index in [9.17, 15) is 43.1 Å². The maximum absolute atomic E-state index is 9.76. The summed E-state index contributed by atoms with van der Waals surface area (Å²) >= 11 is 0. The van der Waals surface area contributed by atoms with Crippen LogP contribution < -0.4 is 29.4 Å². The van der Waals surface area contributed by atoms with Crippen molar-refractivity contribution in [3.8, 4) is 0 Å². The van der Waals surface area contributed by atoms with Crippen molar-refractivity contribution >= 4 is 23.5 Å². The molecule has 0 unspecified atom stereocenters. The van der Waals surface area contributed by atoms with Gasteiger partial charge >= 0.3 is 31.1 Å². The zero-order valence-electron chi connectivity index (χ0n) is 16.1. The number of phosphoric ester groups is 3. The van der Waals surface area contributed by atoms with Crippen LogP contribution in [0.2, 0.25) is 0 Å². The van der Waals surface area contributed by atoms with Gasteiger partial charge in [0.25, 0.3) is 0 Å². The third kappa shape index (κ3) is 50.7. The molecule has 0 saturated carbocycles. The Morgan fingerprint density at radius 3 is 0.821 bits per heavy atom. The molecule has 0 atom stereocenters. The van der Waals surface area contributed by atoms with Gasteiger partial charge in [-0.1, -0.05) is 40.0 Å². The Morgan fingerprint density at radius 1 is 0.536 bits per heavy atom. The van der Waals surface area contributed by atoms with Gasteiger partial charge in [-0.05, 0) is 19.3 Å². The number of hydrogen-bond acceptors (Lipinski definition) is 12. The predicted octanol–water partition coefficient (Wildman–Crippen LogP) is -1.10. The summed E-state index contributed by atoms with van der Waals surface area (Å²) in [7, 11) is -14.1. The third-order valence-corrected chi connectivity index (χ3v) is 3.74. The Labute approximate surface area is 189 Å². The van der Waals surface area contributed by atoms with E-state index >= 15 is 0 Å². The first kappa shape index (κ1) is 36.7. The molecule has 0 bridgehead atoms. The molecule has 0 amide bonds. The molecule has 166 valence electrons. The maximum atomic E-state index is 9.76. The minimum Gasteiger partial charge on any atom is -0.790 e. The van der Waals surface area contributed by atoms with Crippen molar-refractivity contribution in [1.29, 1.82) is 0 Å². The van der Waals surface area contributed by atoms with E-state index in [0.29, 0.717) is 19.3 Å². The van der Waals surface area contributed by atoms with Crippen LogP contribution in [0.15, 0.2) is 0 Å². The minimum absolute atomic E-state index is 0. The van der Waals surface area contributed by atoms with Gasteiger partial charge in [-0.3, -0.25) is 0 Å². The van der Waals surface area contributed by atoms with Crippen LogP contribution in [0, 0.1) is 31.1 Å². The monoisotopic (exact) mass is 694 g/mol. The number of hydrogen-bond donors (Lipinski definition) is 0.